The molecule has 1 aromatic carbocycles. The van der Waals surface area contributed by atoms with Crippen molar-refractivity contribution in [2.75, 3.05) is 14.1 Å². The molecule has 0 fully saturated rings. The third kappa shape index (κ3) is 3.08. The molecule has 0 aliphatic carbocycles. The molecule has 0 N–H and O–H groups in total. The molecule has 0 saturated carbocycles. The van der Waals surface area contributed by atoms with Crippen LogP contribution in [0.2, 0.25) is 0 Å². The van der Waals surface area contributed by atoms with Crippen LogP contribution in [0.3, 0.4) is 0 Å². The highest BCUT2D eigenvalue weighted by Gasteiger charge is 2.14. The van der Waals surface area contributed by atoms with Crippen LogP contribution < -0.4 is 0 Å². The number of hydrogen-bond acceptors (Lipinski definition) is 2. The van der Waals surface area contributed by atoms with Crippen LogP contribution in [-0.2, 0) is 15.8 Å². The third-order valence-corrected chi connectivity index (χ3v) is 4.10. The van der Waals surface area contributed by atoms with Crippen LogP contribution in [-0.4, -0.2) is 26.8 Å². The number of nitrogens with zero attached hydrogens (tertiary/aromatic N) is 1. The van der Waals surface area contributed by atoms with E-state index in [-0.39, 0.29) is 5.75 Å². The fourth-order valence-corrected chi connectivity index (χ4v) is 2.27. The molecule has 0 bridgehead atoms. The van der Waals surface area contributed by atoms with Gasteiger partial charge in [-0.3, -0.25) is 0 Å². The maximum Gasteiger partial charge on any atom is 0.217 e. The first-order valence-corrected chi connectivity index (χ1v) is 6.47. The molecule has 0 aromatic heterocycles. The minimum Gasteiger partial charge on any atom is -0.212 e. The van der Waals surface area contributed by atoms with Crippen molar-refractivity contribution < 1.29 is 8.42 Å². The van der Waals surface area contributed by atoms with Gasteiger partial charge in [-0.2, -0.15) is 0 Å². The van der Waals surface area contributed by atoms with Gasteiger partial charge in [0.25, 0.3) is 0 Å². The van der Waals surface area contributed by atoms with Crippen molar-refractivity contribution in [1.29, 1.82) is 0 Å². The molecule has 0 spiro atoms. The lowest BCUT2D eigenvalue weighted by Crippen LogP contribution is -2.23. The summed E-state index contributed by atoms with van der Waals surface area (Å²) in [6, 6.07) is 7.29. The summed E-state index contributed by atoms with van der Waals surface area (Å²) in [5.41, 5.74) is 0.785. The van der Waals surface area contributed by atoms with Gasteiger partial charge >= 0.3 is 0 Å². The molecule has 1 rings (SSSR count). The Balaban J connectivity index is 2.90. The molecule has 0 radical (unpaired) electrons. The normalized spacial score (nSPS) is 12.0. The van der Waals surface area contributed by atoms with E-state index >= 15 is 0 Å². The van der Waals surface area contributed by atoms with Crippen LogP contribution in [0.4, 0.5) is 0 Å². The Morgan fingerprint density at radius 2 is 2.00 bits per heavy atom. The second-order valence-corrected chi connectivity index (χ2v) is 6.27. The molecule has 0 unspecified atom stereocenters. The maximum atomic E-state index is 11.5. The van der Waals surface area contributed by atoms with Crippen molar-refractivity contribution in [2.24, 2.45) is 0 Å². The maximum absolute atomic E-state index is 11.5. The molecule has 0 atom stereocenters. The zero-order valence-corrected chi connectivity index (χ0v) is 10.5. The summed E-state index contributed by atoms with van der Waals surface area (Å²) in [5.74, 6) is 0.0411. The van der Waals surface area contributed by atoms with Gasteiger partial charge in [0.2, 0.25) is 10.0 Å². The van der Waals surface area contributed by atoms with Gasteiger partial charge in [0.15, 0.2) is 0 Å². The Hall–Kier alpha value is -0.390. The molecular formula is C9H12BrNO2S. The Morgan fingerprint density at radius 3 is 2.50 bits per heavy atom. The highest BCUT2D eigenvalue weighted by Crippen LogP contribution is 2.14. The van der Waals surface area contributed by atoms with Crippen molar-refractivity contribution in [3.63, 3.8) is 0 Å². The first-order valence-electron chi connectivity index (χ1n) is 4.06. The number of hydrogen-bond donors (Lipinski definition) is 0. The summed E-state index contributed by atoms with van der Waals surface area (Å²) >= 11 is 3.30. The van der Waals surface area contributed by atoms with Gasteiger partial charge in [0.1, 0.15) is 0 Å². The summed E-state index contributed by atoms with van der Waals surface area (Å²) in [5, 5.41) is 0. The van der Waals surface area contributed by atoms with Gasteiger partial charge < -0.3 is 0 Å². The fraction of sp³-hybridized carbons (Fsp3) is 0.333. The largest absolute Gasteiger partial charge is 0.217 e. The monoisotopic (exact) mass is 277 g/mol. The topological polar surface area (TPSA) is 37.4 Å². The van der Waals surface area contributed by atoms with Gasteiger partial charge in [-0.15, -0.1) is 0 Å². The summed E-state index contributed by atoms with van der Waals surface area (Å²) in [6.45, 7) is 0. The van der Waals surface area contributed by atoms with Gasteiger partial charge in [0.05, 0.1) is 5.75 Å². The smallest absolute Gasteiger partial charge is 0.212 e. The molecule has 1 aromatic rings. The molecule has 0 amide bonds. The van der Waals surface area contributed by atoms with Crippen LogP contribution in [0.5, 0.6) is 0 Å². The van der Waals surface area contributed by atoms with Gasteiger partial charge in [-0.05, 0) is 17.7 Å². The van der Waals surface area contributed by atoms with Crippen molar-refractivity contribution in [2.45, 2.75) is 5.75 Å². The van der Waals surface area contributed by atoms with Crippen LogP contribution in [0.1, 0.15) is 5.56 Å². The molecule has 0 aliphatic rings. The minimum atomic E-state index is -3.16. The second-order valence-electron chi connectivity index (χ2n) is 3.17. The first kappa shape index (κ1) is 11.7. The lowest BCUT2D eigenvalue weighted by molar-refractivity contribution is 0.520. The Bertz CT molecular complexity index is 415. The van der Waals surface area contributed by atoms with E-state index in [0.29, 0.717) is 0 Å². The number of benzene rings is 1. The predicted octanol–water partition coefficient (Wildman–Crippen LogP) is 1.84. The Morgan fingerprint density at radius 1 is 1.36 bits per heavy atom. The van der Waals surface area contributed by atoms with E-state index in [1.165, 1.54) is 18.4 Å². The number of sulfonamides is 1. The van der Waals surface area contributed by atoms with Crippen LogP contribution in [0.25, 0.3) is 0 Å². The van der Waals surface area contributed by atoms with E-state index in [1.807, 2.05) is 12.1 Å². The Kier molecular flexibility index (Phi) is 3.69. The van der Waals surface area contributed by atoms with E-state index in [4.69, 9.17) is 0 Å². The molecule has 0 heterocycles. The summed E-state index contributed by atoms with van der Waals surface area (Å²) in [4.78, 5) is 0. The predicted molar refractivity (Wildman–Crippen MR) is 60.5 cm³/mol. The van der Waals surface area contributed by atoms with E-state index in [9.17, 15) is 8.42 Å². The van der Waals surface area contributed by atoms with Crippen LogP contribution in [0, 0.1) is 0 Å². The molecular weight excluding hydrogens is 266 g/mol. The van der Waals surface area contributed by atoms with Gasteiger partial charge in [0, 0.05) is 18.6 Å². The van der Waals surface area contributed by atoms with Crippen molar-refractivity contribution in [3.8, 4) is 0 Å². The molecule has 5 heteroatoms. The molecule has 0 aliphatic heterocycles. The van der Waals surface area contributed by atoms with Gasteiger partial charge in [-0.1, -0.05) is 28.1 Å². The highest BCUT2D eigenvalue weighted by molar-refractivity contribution is 9.10. The summed E-state index contributed by atoms with van der Waals surface area (Å²) < 4.78 is 25.2. The average molecular weight is 278 g/mol. The zero-order valence-electron chi connectivity index (χ0n) is 8.07. The third-order valence-electron chi connectivity index (χ3n) is 1.79. The van der Waals surface area contributed by atoms with E-state index in [2.05, 4.69) is 15.9 Å². The standard InChI is InChI=1S/C9H12BrNO2S/c1-11(2)14(12,13)7-8-4-3-5-9(10)6-8/h3-6H,7H2,1-2H3. The lowest BCUT2D eigenvalue weighted by Gasteiger charge is -2.10. The number of rotatable bonds is 3. The highest BCUT2D eigenvalue weighted by atomic mass is 79.9. The SMILES string of the molecule is CN(C)S(=O)(=O)Cc1cccc(Br)c1. The summed E-state index contributed by atoms with van der Waals surface area (Å²) in [6.07, 6.45) is 0. The first-order chi connectivity index (χ1) is 6.42. The van der Waals surface area contributed by atoms with Crippen LogP contribution in [0.15, 0.2) is 28.7 Å². The minimum absolute atomic E-state index is 0.0411. The van der Waals surface area contributed by atoms with E-state index in [0.717, 1.165) is 10.0 Å². The van der Waals surface area contributed by atoms with Crippen molar-refractivity contribution in [1.82, 2.24) is 4.31 Å². The molecule has 0 saturated heterocycles. The second kappa shape index (κ2) is 4.42. The molecule has 78 valence electrons. The van der Waals surface area contributed by atoms with E-state index < -0.39 is 10.0 Å². The zero-order chi connectivity index (χ0) is 10.8. The quantitative estimate of drug-likeness (QED) is 0.846. The average Bonchev–Trinajstić information content (AvgIpc) is 2.02. The van der Waals surface area contributed by atoms with Gasteiger partial charge in [-0.25, -0.2) is 12.7 Å². The molecule has 3 nitrogen and oxygen atoms in total. The van der Waals surface area contributed by atoms with Crippen molar-refractivity contribution >= 4 is 26.0 Å². The van der Waals surface area contributed by atoms with E-state index in [1.54, 1.807) is 12.1 Å². The fourth-order valence-electron chi connectivity index (χ4n) is 0.966. The lowest BCUT2D eigenvalue weighted by atomic mass is 10.2. The van der Waals surface area contributed by atoms with Crippen LogP contribution >= 0.6 is 15.9 Å². The Labute approximate surface area is 92.9 Å². The molecule has 14 heavy (non-hydrogen) atoms. The summed E-state index contributed by atoms with van der Waals surface area (Å²) in [7, 11) is -0.0854. The van der Waals surface area contributed by atoms with Crippen molar-refractivity contribution in [3.05, 3.63) is 34.3 Å². The number of halogens is 1.